The van der Waals surface area contributed by atoms with Gasteiger partial charge in [-0.15, -0.1) is 5.10 Å². The van der Waals surface area contributed by atoms with Crippen LogP contribution in [0.5, 0.6) is 0 Å². The molecule has 3 aromatic rings. The number of carbonyl (C=O) groups is 1. The van der Waals surface area contributed by atoms with Crippen LogP contribution in [0.3, 0.4) is 0 Å². The number of benzene rings is 1. The van der Waals surface area contributed by atoms with Crippen molar-refractivity contribution in [1.82, 2.24) is 20.2 Å². The molecule has 0 saturated heterocycles. The normalized spacial score (nSPS) is 11.9. The largest absolute Gasteiger partial charge is 0.364 e. The quantitative estimate of drug-likeness (QED) is 0.726. The fourth-order valence-corrected chi connectivity index (χ4v) is 2.02. The van der Waals surface area contributed by atoms with Gasteiger partial charge in [-0.2, -0.15) is 4.98 Å². The van der Waals surface area contributed by atoms with Gasteiger partial charge >= 0.3 is 0 Å². The maximum Gasteiger partial charge on any atom is 0.255 e. The van der Waals surface area contributed by atoms with E-state index in [1.807, 2.05) is 42.5 Å². The molecule has 122 valence electrons. The number of nitrogens with zero attached hydrogens (tertiary/aromatic N) is 3. The number of hydrogen-bond acceptors (Lipinski definition) is 5. The first-order valence-corrected chi connectivity index (χ1v) is 7.52. The van der Waals surface area contributed by atoms with Crippen molar-refractivity contribution >= 4 is 11.9 Å². The predicted octanol–water partition coefficient (Wildman–Crippen LogP) is 2.41. The zero-order valence-electron chi connectivity index (χ0n) is 13.1. The molecule has 3 rings (SSSR count). The number of aromatic amines is 1. The van der Waals surface area contributed by atoms with E-state index in [0.29, 0.717) is 18.1 Å². The van der Waals surface area contributed by atoms with Crippen molar-refractivity contribution in [3.8, 4) is 11.5 Å². The Balaban J connectivity index is 1.55. The Morgan fingerprint density at radius 3 is 2.75 bits per heavy atom. The maximum atomic E-state index is 12.1. The van der Waals surface area contributed by atoms with E-state index in [4.69, 9.17) is 4.74 Å². The molecule has 24 heavy (non-hydrogen) atoms. The fraction of sp³-hybridized carbons (Fsp3) is 0.176. The topological polar surface area (TPSA) is 92.8 Å². The second kappa shape index (κ2) is 7.47. The number of ether oxygens (including phenoxy) is 1. The molecule has 2 aromatic heterocycles. The van der Waals surface area contributed by atoms with Gasteiger partial charge in [-0.25, -0.2) is 0 Å². The highest BCUT2D eigenvalue weighted by atomic mass is 16.5. The van der Waals surface area contributed by atoms with E-state index < -0.39 is 6.10 Å². The number of rotatable bonds is 6. The van der Waals surface area contributed by atoms with E-state index in [0.717, 1.165) is 5.56 Å². The van der Waals surface area contributed by atoms with Crippen LogP contribution in [-0.2, 0) is 16.1 Å². The lowest BCUT2D eigenvalue weighted by molar-refractivity contribution is -0.127. The molecule has 7 heteroatoms. The molecule has 0 saturated carbocycles. The molecular formula is C17H17N5O2. The molecule has 0 aliphatic carbocycles. The lowest BCUT2D eigenvalue weighted by Gasteiger charge is -2.11. The molecular weight excluding hydrogens is 306 g/mol. The van der Waals surface area contributed by atoms with E-state index in [1.54, 1.807) is 19.2 Å². The van der Waals surface area contributed by atoms with Gasteiger partial charge in [-0.05, 0) is 24.6 Å². The van der Waals surface area contributed by atoms with Crippen LogP contribution in [0.15, 0.2) is 54.7 Å². The van der Waals surface area contributed by atoms with E-state index in [1.165, 1.54) is 0 Å². The molecule has 0 unspecified atom stereocenters. The lowest BCUT2D eigenvalue weighted by atomic mass is 10.2. The summed E-state index contributed by atoms with van der Waals surface area (Å²) in [6.07, 6.45) is 1.04. The number of anilines is 1. The molecule has 0 spiro atoms. The number of H-pyrrole nitrogens is 1. The van der Waals surface area contributed by atoms with E-state index in [9.17, 15) is 4.79 Å². The Kier molecular flexibility index (Phi) is 4.93. The van der Waals surface area contributed by atoms with Crippen molar-refractivity contribution in [1.29, 1.82) is 0 Å². The van der Waals surface area contributed by atoms with Crippen molar-refractivity contribution < 1.29 is 9.53 Å². The number of hydrogen-bond donors (Lipinski definition) is 2. The van der Waals surface area contributed by atoms with Gasteiger partial charge in [-0.1, -0.05) is 36.4 Å². The first-order valence-electron chi connectivity index (χ1n) is 7.52. The summed E-state index contributed by atoms with van der Waals surface area (Å²) in [4.78, 5) is 20.5. The van der Waals surface area contributed by atoms with Gasteiger partial charge in [0.1, 0.15) is 11.8 Å². The molecule has 2 heterocycles. The van der Waals surface area contributed by atoms with E-state index in [-0.39, 0.29) is 11.9 Å². The highest BCUT2D eigenvalue weighted by Crippen LogP contribution is 2.12. The summed E-state index contributed by atoms with van der Waals surface area (Å²) in [7, 11) is 0. The maximum absolute atomic E-state index is 12.1. The number of carbonyl (C=O) groups excluding carboxylic acids is 1. The van der Waals surface area contributed by atoms with Crippen LogP contribution in [0.1, 0.15) is 12.5 Å². The first-order chi connectivity index (χ1) is 11.7. The summed E-state index contributed by atoms with van der Waals surface area (Å²) in [5, 5.41) is 9.34. The lowest BCUT2D eigenvalue weighted by Crippen LogP contribution is -2.28. The van der Waals surface area contributed by atoms with Crippen LogP contribution in [-0.4, -0.2) is 32.2 Å². The Morgan fingerprint density at radius 2 is 2.00 bits per heavy atom. The first kappa shape index (κ1) is 15.8. The molecule has 7 nitrogen and oxygen atoms in total. The fourth-order valence-electron chi connectivity index (χ4n) is 2.02. The molecule has 1 aromatic carbocycles. The number of aromatic nitrogens is 4. The van der Waals surface area contributed by atoms with Gasteiger partial charge in [0.05, 0.1) is 6.61 Å². The molecule has 0 bridgehead atoms. The van der Waals surface area contributed by atoms with Gasteiger partial charge in [0.2, 0.25) is 5.95 Å². The number of amides is 1. The van der Waals surface area contributed by atoms with Gasteiger partial charge in [0.25, 0.3) is 5.91 Å². The second-order valence-electron chi connectivity index (χ2n) is 5.15. The summed E-state index contributed by atoms with van der Waals surface area (Å²) in [5.74, 6) is 0.372. The summed E-state index contributed by atoms with van der Waals surface area (Å²) in [6, 6.07) is 15.1. The Labute approximate surface area is 139 Å². The molecule has 0 aliphatic heterocycles. The third-order valence-electron chi connectivity index (χ3n) is 3.34. The van der Waals surface area contributed by atoms with E-state index >= 15 is 0 Å². The molecule has 0 fully saturated rings. The minimum atomic E-state index is -0.623. The summed E-state index contributed by atoms with van der Waals surface area (Å²) in [6.45, 7) is 2.05. The van der Waals surface area contributed by atoms with Gasteiger partial charge in [-0.3, -0.25) is 20.2 Å². The van der Waals surface area contributed by atoms with Crippen molar-refractivity contribution in [3.63, 3.8) is 0 Å². The average molecular weight is 323 g/mol. The average Bonchev–Trinajstić information content (AvgIpc) is 3.10. The Hall–Kier alpha value is -3.06. The smallest absolute Gasteiger partial charge is 0.255 e. The zero-order chi connectivity index (χ0) is 16.8. The highest BCUT2D eigenvalue weighted by Gasteiger charge is 2.16. The minimum Gasteiger partial charge on any atom is -0.364 e. The SMILES string of the molecule is C[C@H](OCc1ccccc1)C(=O)Nc1n[nH]c(-c2ccccn2)n1. The summed E-state index contributed by atoms with van der Waals surface area (Å²) >= 11 is 0. The van der Waals surface area contributed by atoms with Crippen LogP contribution in [0.25, 0.3) is 11.5 Å². The second-order valence-corrected chi connectivity index (χ2v) is 5.15. The monoisotopic (exact) mass is 323 g/mol. The van der Waals surface area contributed by atoms with Gasteiger partial charge in [0.15, 0.2) is 5.82 Å². The van der Waals surface area contributed by atoms with Gasteiger partial charge in [0, 0.05) is 6.20 Å². The zero-order valence-corrected chi connectivity index (χ0v) is 13.1. The molecule has 1 amide bonds. The molecule has 2 N–H and O–H groups in total. The Morgan fingerprint density at radius 1 is 1.21 bits per heavy atom. The van der Waals surface area contributed by atoms with Crippen LogP contribution in [0, 0.1) is 0 Å². The number of pyridine rings is 1. The van der Waals surface area contributed by atoms with E-state index in [2.05, 4.69) is 25.5 Å². The van der Waals surface area contributed by atoms with Gasteiger partial charge < -0.3 is 4.74 Å². The van der Waals surface area contributed by atoms with Crippen molar-refractivity contribution in [3.05, 3.63) is 60.3 Å². The van der Waals surface area contributed by atoms with Crippen LogP contribution in [0.2, 0.25) is 0 Å². The molecule has 1 atom stereocenters. The number of nitrogens with one attached hydrogen (secondary N) is 2. The predicted molar refractivity (Wildman–Crippen MR) is 88.9 cm³/mol. The van der Waals surface area contributed by atoms with Crippen LogP contribution in [0.4, 0.5) is 5.95 Å². The third-order valence-corrected chi connectivity index (χ3v) is 3.34. The molecule has 0 aliphatic rings. The highest BCUT2D eigenvalue weighted by molar-refractivity contribution is 5.92. The summed E-state index contributed by atoms with van der Waals surface area (Å²) in [5.41, 5.74) is 1.66. The Bertz CT molecular complexity index is 789. The standard InChI is InChI=1S/C17H17N5O2/c1-12(24-11-13-7-3-2-4-8-13)16(23)20-17-19-15(21-22-17)14-9-5-6-10-18-14/h2-10,12H,11H2,1H3,(H2,19,20,21,22,23)/t12-/m0/s1. The van der Waals surface area contributed by atoms with Crippen molar-refractivity contribution in [2.45, 2.75) is 19.6 Å². The third kappa shape index (κ3) is 4.02. The van der Waals surface area contributed by atoms with Crippen LogP contribution < -0.4 is 5.32 Å². The molecule has 0 radical (unpaired) electrons. The van der Waals surface area contributed by atoms with Crippen LogP contribution >= 0.6 is 0 Å². The minimum absolute atomic E-state index is 0.191. The summed E-state index contributed by atoms with van der Waals surface area (Å²) < 4.78 is 5.56. The van der Waals surface area contributed by atoms with Crippen molar-refractivity contribution in [2.75, 3.05) is 5.32 Å². The van der Waals surface area contributed by atoms with Crippen molar-refractivity contribution in [2.24, 2.45) is 0 Å².